The van der Waals surface area contributed by atoms with Gasteiger partial charge in [-0.1, -0.05) is 0 Å². The van der Waals surface area contributed by atoms with E-state index in [1.165, 1.54) is 14.0 Å². The van der Waals surface area contributed by atoms with Crippen molar-refractivity contribution in [3.63, 3.8) is 0 Å². The zero-order valence-corrected chi connectivity index (χ0v) is 10.0. The molecule has 0 bridgehead atoms. The fraction of sp³-hybridized carbons (Fsp3) is 0.818. The van der Waals surface area contributed by atoms with E-state index in [0.29, 0.717) is 6.04 Å². The van der Waals surface area contributed by atoms with Gasteiger partial charge in [-0.2, -0.15) is 0 Å². The Morgan fingerprint density at radius 3 is 2.40 bits per heavy atom. The summed E-state index contributed by atoms with van der Waals surface area (Å²) in [6.07, 6.45) is 2.81. The average Bonchev–Trinajstić information content (AvgIpc) is 2.22. The molecule has 0 saturated carbocycles. The van der Waals surface area contributed by atoms with Crippen molar-refractivity contribution in [1.82, 2.24) is 4.90 Å². The van der Waals surface area contributed by atoms with Crippen LogP contribution in [-0.2, 0) is 14.3 Å². The molecule has 0 aromatic rings. The van der Waals surface area contributed by atoms with Crippen molar-refractivity contribution in [1.29, 1.82) is 0 Å². The molecule has 0 radical (unpaired) electrons. The van der Waals surface area contributed by atoms with E-state index in [0.717, 1.165) is 25.7 Å². The third kappa shape index (κ3) is 4.93. The van der Waals surface area contributed by atoms with Gasteiger partial charge in [-0.25, -0.2) is 0 Å². The molecular weight excluding hydrogens is 194 g/mol. The number of aldehydes is 1. The van der Waals surface area contributed by atoms with E-state index in [4.69, 9.17) is 9.53 Å². The molecule has 0 amide bonds. The monoisotopic (exact) mass is 215 g/mol. The summed E-state index contributed by atoms with van der Waals surface area (Å²) >= 11 is 0. The van der Waals surface area contributed by atoms with E-state index in [9.17, 15) is 4.79 Å². The first-order valence-corrected chi connectivity index (χ1v) is 5.24. The van der Waals surface area contributed by atoms with Gasteiger partial charge in [-0.05, 0) is 33.7 Å². The Labute approximate surface area is 91.6 Å². The topological polar surface area (TPSA) is 46.6 Å². The van der Waals surface area contributed by atoms with Crippen molar-refractivity contribution >= 4 is 12.3 Å². The van der Waals surface area contributed by atoms with Gasteiger partial charge in [0, 0.05) is 12.6 Å². The molecule has 1 heterocycles. The van der Waals surface area contributed by atoms with Gasteiger partial charge in [0.25, 0.3) is 0 Å². The molecule has 15 heavy (non-hydrogen) atoms. The molecule has 1 fully saturated rings. The van der Waals surface area contributed by atoms with Gasteiger partial charge in [0.15, 0.2) is 0 Å². The van der Waals surface area contributed by atoms with Gasteiger partial charge in [0.1, 0.15) is 6.29 Å². The highest BCUT2D eigenvalue weighted by Crippen LogP contribution is 2.20. The second-order valence-electron chi connectivity index (χ2n) is 3.82. The van der Waals surface area contributed by atoms with Crippen LogP contribution in [0.25, 0.3) is 0 Å². The van der Waals surface area contributed by atoms with Crippen LogP contribution in [0.1, 0.15) is 26.7 Å². The Bertz CT molecular complexity index is 206. The molecule has 0 aromatic carbocycles. The molecule has 1 saturated heterocycles. The molecule has 4 heteroatoms. The molecule has 2 unspecified atom stereocenters. The van der Waals surface area contributed by atoms with E-state index in [-0.39, 0.29) is 11.9 Å². The second-order valence-corrected chi connectivity index (χ2v) is 3.82. The standard InChI is InChI=1S/C9H17NO2.C2H4O/c1-7-4-5-8(6-10(7)2)9(11)12-3;1-2-3/h7-8H,4-6H2,1-3H3;2H,1H3. The van der Waals surface area contributed by atoms with Gasteiger partial charge in [0.05, 0.1) is 13.0 Å². The number of rotatable bonds is 1. The van der Waals surface area contributed by atoms with Crippen molar-refractivity contribution in [3.05, 3.63) is 0 Å². The van der Waals surface area contributed by atoms with Crippen molar-refractivity contribution in [2.75, 3.05) is 20.7 Å². The van der Waals surface area contributed by atoms with Crippen molar-refractivity contribution in [3.8, 4) is 0 Å². The molecule has 4 nitrogen and oxygen atoms in total. The van der Waals surface area contributed by atoms with Crippen molar-refractivity contribution < 1.29 is 14.3 Å². The summed E-state index contributed by atoms with van der Waals surface area (Å²) < 4.78 is 4.71. The molecule has 0 aromatic heterocycles. The lowest BCUT2D eigenvalue weighted by molar-refractivity contribution is -0.147. The number of hydrogen-bond acceptors (Lipinski definition) is 4. The van der Waals surface area contributed by atoms with E-state index < -0.39 is 0 Å². The summed E-state index contributed by atoms with van der Waals surface area (Å²) in [6.45, 7) is 4.47. The number of ether oxygens (including phenoxy) is 1. The lowest BCUT2D eigenvalue weighted by Crippen LogP contribution is -2.41. The van der Waals surface area contributed by atoms with Crippen LogP contribution >= 0.6 is 0 Å². The fourth-order valence-electron chi connectivity index (χ4n) is 1.64. The molecule has 1 aliphatic heterocycles. The highest BCUT2D eigenvalue weighted by molar-refractivity contribution is 5.72. The van der Waals surface area contributed by atoms with Gasteiger partial charge in [-0.3, -0.25) is 4.79 Å². The molecule has 1 aliphatic rings. The van der Waals surface area contributed by atoms with Crippen LogP contribution in [0.2, 0.25) is 0 Å². The Hall–Kier alpha value is -0.900. The summed E-state index contributed by atoms with van der Waals surface area (Å²) in [5, 5.41) is 0. The third-order valence-corrected chi connectivity index (χ3v) is 2.73. The van der Waals surface area contributed by atoms with Crippen molar-refractivity contribution in [2.24, 2.45) is 5.92 Å². The zero-order chi connectivity index (χ0) is 11.8. The predicted octanol–water partition coefficient (Wildman–Crippen LogP) is 1.09. The van der Waals surface area contributed by atoms with E-state index in [2.05, 4.69) is 18.9 Å². The minimum absolute atomic E-state index is 0.0613. The van der Waals surface area contributed by atoms with Crippen LogP contribution in [0.15, 0.2) is 0 Å². The maximum absolute atomic E-state index is 11.2. The first-order chi connectivity index (χ1) is 7.06. The lowest BCUT2D eigenvalue weighted by Gasteiger charge is -2.33. The number of hydrogen-bond donors (Lipinski definition) is 0. The molecule has 0 N–H and O–H groups in total. The minimum atomic E-state index is -0.0613. The Kier molecular flexibility index (Phi) is 6.96. The largest absolute Gasteiger partial charge is 0.469 e. The number of esters is 1. The molecule has 1 rings (SSSR count). The van der Waals surface area contributed by atoms with Gasteiger partial charge < -0.3 is 14.4 Å². The van der Waals surface area contributed by atoms with Crippen molar-refractivity contribution in [2.45, 2.75) is 32.7 Å². The minimum Gasteiger partial charge on any atom is -0.469 e. The molecule has 88 valence electrons. The van der Waals surface area contributed by atoms with Crippen LogP contribution < -0.4 is 0 Å². The summed E-state index contributed by atoms with van der Waals surface area (Å²) in [5.41, 5.74) is 0. The number of carbonyl (C=O) groups excluding carboxylic acids is 2. The summed E-state index contributed by atoms with van der Waals surface area (Å²) in [5.74, 6) is 0.0324. The van der Waals surface area contributed by atoms with Gasteiger partial charge in [0.2, 0.25) is 0 Å². The maximum Gasteiger partial charge on any atom is 0.309 e. The molecule has 0 spiro atoms. The van der Waals surface area contributed by atoms with E-state index >= 15 is 0 Å². The molecule has 0 aliphatic carbocycles. The Balaban J connectivity index is 0.000000583. The number of carbonyl (C=O) groups is 2. The SMILES string of the molecule is CC=O.COC(=O)C1CCC(C)N(C)C1. The van der Waals surface area contributed by atoms with Crippen LogP contribution in [-0.4, -0.2) is 43.9 Å². The van der Waals surface area contributed by atoms with Crippen LogP contribution in [0.4, 0.5) is 0 Å². The number of nitrogens with zero attached hydrogens (tertiary/aromatic N) is 1. The first kappa shape index (κ1) is 14.1. The lowest BCUT2D eigenvalue weighted by atomic mass is 9.94. The smallest absolute Gasteiger partial charge is 0.309 e. The summed E-state index contributed by atoms with van der Waals surface area (Å²) in [7, 11) is 3.51. The van der Waals surface area contributed by atoms with Gasteiger partial charge >= 0.3 is 5.97 Å². The summed E-state index contributed by atoms with van der Waals surface area (Å²) in [6, 6.07) is 0.603. The summed E-state index contributed by atoms with van der Waals surface area (Å²) in [4.78, 5) is 22.2. The number of methoxy groups -OCH3 is 1. The Morgan fingerprint density at radius 1 is 1.47 bits per heavy atom. The van der Waals surface area contributed by atoms with Gasteiger partial charge in [-0.15, -0.1) is 0 Å². The predicted molar refractivity (Wildman–Crippen MR) is 58.6 cm³/mol. The Morgan fingerprint density at radius 2 is 2.00 bits per heavy atom. The van der Waals surface area contributed by atoms with Crippen LogP contribution in [0.5, 0.6) is 0 Å². The number of piperidine rings is 1. The second kappa shape index (κ2) is 7.40. The highest BCUT2D eigenvalue weighted by atomic mass is 16.5. The maximum atomic E-state index is 11.2. The van der Waals surface area contributed by atoms with E-state index in [1.807, 2.05) is 0 Å². The average molecular weight is 215 g/mol. The first-order valence-electron chi connectivity index (χ1n) is 5.24. The highest BCUT2D eigenvalue weighted by Gasteiger charge is 2.27. The van der Waals surface area contributed by atoms with E-state index in [1.54, 1.807) is 0 Å². The fourth-order valence-corrected chi connectivity index (χ4v) is 1.64. The quantitative estimate of drug-likeness (QED) is 0.485. The van der Waals surface area contributed by atoms with Crippen LogP contribution in [0.3, 0.4) is 0 Å². The van der Waals surface area contributed by atoms with Crippen LogP contribution in [0, 0.1) is 5.92 Å². The third-order valence-electron chi connectivity index (χ3n) is 2.73. The number of likely N-dealkylation sites (tertiary alicyclic amines) is 1. The zero-order valence-electron chi connectivity index (χ0n) is 10.0. The molecule has 2 atom stereocenters. The molecular formula is C11H21NO3. The normalized spacial score (nSPS) is 26.1.